The summed E-state index contributed by atoms with van der Waals surface area (Å²) >= 11 is 12.4. The number of benzene rings is 2. The molecular formula is C26H35Cl2N3O4S. The third kappa shape index (κ3) is 8.39. The minimum absolute atomic E-state index is 0.0268. The van der Waals surface area contributed by atoms with Gasteiger partial charge in [-0.3, -0.25) is 13.9 Å². The Kier molecular flexibility index (Phi) is 11.1. The van der Waals surface area contributed by atoms with Gasteiger partial charge in [-0.1, -0.05) is 55.6 Å². The van der Waals surface area contributed by atoms with Crippen molar-refractivity contribution in [3.8, 4) is 0 Å². The molecule has 0 radical (unpaired) electrons. The van der Waals surface area contributed by atoms with Gasteiger partial charge < -0.3 is 10.2 Å². The molecule has 0 spiro atoms. The molecule has 0 bridgehead atoms. The van der Waals surface area contributed by atoms with Crippen LogP contribution in [0.15, 0.2) is 36.4 Å². The second-order valence-corrected chi connectivity index (χ2v) is 11.7. The number of sulfonamides is 1. The number of unbranched alkanes of at least 4 members (excludes halogenated alkanes) is 1. The maximum atomic E-state index is 13.7. The normalized spacial score (nSPS) is 12.2. The highest BCUT2D eigenvalue weighted by atomic mass is 35.5. The van der Waals surface area contributed by atoms with Gasteiger partial charge >= 0.3 is 0 Å². The minimum Gasteiger partial charge on any atom is -0.354 e. The fraction of sp³-hybridized carbons (Fsp3) is 0.462. The number of halogens is 2. The van der Waals surface area contributed by atoms with E-state index < -0.39 is 28.5 Å². The van der Waals surface area contributed by atoms with Crippen LogP contribution in [0.25, 0.3) is 0 Å². The van der Waals surface area contributed by atoms with Gasteiger partial charge in [0.25, 0.3) is 0 Å². The summed E-state index contributed by atoms with van der Waals surface area (Å²) < 4.78 is 26.6. The number of nitrogens with zero attached hydrogens (tertiary/aromatic N) is 2. The summed E-state index contributed by atoms with van der Waals surface area (Å²) in [6, 6.07) is 9.49. The monoisotopic (exact) mass is 555 g/mol. The molecule has 2 amide bonds. The van der Waals surface area contributed by atoms with Gasteiger partial charge in [0.1, 0.15) is 12.6 Å². The van der Waals surface area contributed by atoms with E-state index in [4.69, 9.17) is 23.2 Å². The molecule has 7 nitrogen and oxygen atoms in total. The number of hydrogen-bond donors (Lipinski definition) is 1. The van der Waals surface area contributed by atoms with E-state index in [-0.39, 0.29) is 12.5 Å². The highest BCUT2D eigenvalue weighted by Gasteiger charge is 2.32. The molecule has 0 aliphatic carbocycles. The summed E-state index contributed by atoms with van der Waals surface area (Å²) in [7, 11) is -3.80. The van der Waals surface area contributed by atoms with Crippen LogP contribution in [-0.2, 0) is 26.2 Å². The van der Waals surface area contributed by atoms with Crippen LogP contribution in [0.5, 0.6) is 0 Å². The average molecular weight is 557 g/mol. The first-order valence-corrected chi connectivity index (χ1v) is 14.5. The zero-order valence-corrected chi connectivity index (χ0v) is 23.8. The van der Waals surface area contributed by atoms with E-state index in [1.54, 1.807) is 30.3 Å². The van der Waals surface area contributed by atoms with Crippen LogP contribution in [0.1, 0.15) is 49.8 Å². The molecular weight excluding hydrogens is 521 g/mol. The number of aryl methyl sites for hydroxylation is 2. The fourth-order valence-electron chi connectivity index (χ4n) is 3.97. The molecule has 1 atom stereocenters. The van der Waals surface area contributed by atoms with Crippen molar-refractivity contribution >= 4 is 50.7 Å². The van der Waals surface area contributed by atoms with Gasteiger partial charge in [-0.2, -0.15) is 0 Å². The first kappa shape index (κ1) is 29.9. The van der Waals surface area contributed by atoms with E-state index in [0.29, 0.717) is 34.3 Å². The molecule has 2 aromatic carbocycles. The van der Waals surface area contributed by atoms with E-state index in [0.717, 1.165) is 34.5 Å². The van der Waals surface area contributed by atoms with Crippen molar-refractivity contribution < 1.29 is 18.0 Å². The van der Waals surface area contributed by atoms with E-state index in [2.05, 4.69) is 5.32 Å². The summed E-state index contributed by atoms with van der Waals surface area (Å²) in [5.41, 5.74) is 2.75. The standard InChI is InChI=1S/C26H35Cl2N3O4S/c1-6-8-11-29-26(33)24(7-2)30(16-20-9-10-21(27)15-23(20)28)25(32)17-31(36(5,34)35)22-13-18(3)12-19(4)14-22/h9-10,12-15,24H,6-8,11,16-17H2,1-5H3,(H,29,33). The SMILES string of the molecule is CCCCNC(=O)C(CC)N(Cc1ccc(Cl)cc1Cl)C(=O)CN(c1cc(C)cc(C)c1)S(C)(=O)=O. The lowest BCUT2D eigenvalue weighted by atomic mass is 10.1. The Balaban J connectivity index is 2.47. The van der Waals surface area contributed by atoms with Crippen molar-refractivity contribution in [3.05, 3.63) is 63.1 Å². The van der Waals surface area contributed by atoms with Crippen LogP contribution in [0.3, 0.4) is 0 Å². The number of nitrogens with one attached hydrogen (secondary N) is 1. The van der Waals surface area contributed by atoms with Crippen molar-refractivity contribution in [2.45, 2.75) is 59.5 Å². The Labute approximate surface area is 224 Å². The van der Waals surface area contributed by atoms with Crippen molar-refractivity contribution in [2.75, 3.05) is 23.7 Å². The molecule has 0 heterocycles. The molecule has 2 rings (SSSR count). The summed E-state index contributed by atoms with van der Waals surface area (Å²) in [5, 5.41) is 3.70. The Bertz CT molecular complexity index is 1170. The Morgan fingerprint density at radius 1 is 1.03 bits per heavy atom. The van der Waals surface area contributed by atoms with Crippen LogP contribution in [0.2, 0.25) is 10.0 Å². The lowest BCUT2D eigenvalue weighted by Crippen LogP contribution is -2.52. The minimum atomic E-state index is -3.80. The average Bonchev–Trinajstić information content (AvgIpc) is 2.77. The second-order valence-electron chi connectivity index (χ2n) is 8.94. The van der Waals surface area contributed by atoms with Crippen LogP contribution < -0.4 is 9.62 Å². The molecule has 2 aromatic rings. The topological polar surface area (TPSA) is 86.8 Å². The first-order chi connectivity index (χ1) is 16.9. The molecule has 1 N–H and O–H groups in total. The molecule has 0 saturated heterocycles. The lowest BCUT2D eigenvalue weighted by Gasteiger charge is -2.33. The maximum Gasteiger partial charge on any atom is 0.244 e. The largest absolute Gasteiger partial charge is 0.354 e. The van der Waals surface area contributed by atoms with E-state index >= 15 is 0 Å². The Morgan fingerprint density at radius 3 is 2.19 bits per heavy atom. The summed E-state index contributed by atoms with van der Waals surface area (Å²) in [6.45, 7) is 7.63. The molecule has 0 aromatic heterocycles. The van der Waals surface area contributed by atoms with E-state index in [1.807, 2.05) is 33.8 Å². The zero-order valence-electron chi connectivity index (χ0n) is 21.5. The van der Waals surface area contributed by atoms with Gasteiger partial charge in [0, 0.05) is 23.1 Å². The molecule has 36 heavy (non-hydrogen) atoms. The van der Waals surface area contributed by atoms with Gasteiger partial charge in [-0.25, -0.2) is 8.42 Å². The fourth-order valence-corrected chi connectivity index (χ4v) is 5.27. The number of rotatable bonds is 12. The molecule has 0 fully saturated rings. The second kappa shape index (κ2) is 13.3. The van der Waals surface area contributed by atoms with Gasteiger partial charge in [0.2, 0.25) is 21.8 Å². The number of carbonyl (C=O) groups excluding carboxylic acids is 2. The predicted octanol–water partition coefficient (Wildman–Crippen LogP) is 5.10. The summed E-state index contributed by atoms with van der Waals surface area (Å²) in [4.78, 5) is 28.2. The van der Waals surface area contributed by atoms with Crippen molar-refractivity contribution in [1.29, 1.82) is 0 Å². The third-order valence-electron chi connectivity index (χ3n) is 5.74. The van der Waals surface area contributed by atoms with Crippen molar-refractivity contribution in [3.63, 3.8) is 0 Å². The van der Waals surface area contributed by atoms with Crippen LogP contribution in [0, 0.1) is 13.8 Å². The maximum absolute atomic E-state index is 13.7. The molecule has 1 unspecified atom stereocenters. The molecule has 0 saturated carbocycles. The van der Waals surface area contributed by atoms with E-state index in [1.165, 1.54) is 4.90 Å². The van der Waals surface area contributed by atoms with Crippen molar-refractivity contribution in [2.24, 2.45) is 0 Å². The Hall–Kier alpha value is -2.29. The van der Waals surface area contributed by atoms with Crippen molar-refractivity contribution in [1.82, 2.24) is 10.2 Å². The highest BCUT2D eigenvalue weighted by molar-refractivity contribution is 7.92. The quantitative estimate of drug-likeness (QED) is 0.369. The zero-order chi connectivity index (χ0) is 27.0. The van der Waals surface area contributed by atoms with Gasteiger partial charge in [-0.15, -0.1) is 0 Å². The predicted molar refractivity (Wildman–Crippen MR) is 147 cm³/mol. The molecule has 0 aliphatic heterocycles. The number of carbonyl (C=O) groups is 2. The highest BCUT2D eigenvalue weighted by Crippen LogP contribution is 2.25. The third-order valence-corrected chi connectivity index (χ3v) is 7.47. The van der Waals surface area contributed by atoms with Gasteiger partial charge in [0.15, 0.2) is 0 Å². The van der Waals surface area contributed by atoms with Gasteiger partial charge in [0.05, 0.1) is 11.9 Å². The Morgan fingerprint density at radius 2 is 1.67 bits per heavy atom. The van der Waals surface area contributed by atoms with Gasteiger partial charge in [-0.05, 0) is 67.6 Å². The number of hydrogen-bond acceptors (Lipinski definition) is 4. The first-order valence-electron chi connectivity index (χ1n) is 11.9. The van der Waals surface area contributed by atoms with Crippen LogP contribution in [-0.4, -0.2) is 50.5 Å². The smallest absolute Gasteiger partial charge is 0.244 e. The molecule has 0 aliphatic rings. The molecule has 198 valence electrons. The summed E-state index contributed by atoms with van der Waals surface area (Å²) in [5.74, 6) is -0.801. The van der Waals surface area contributed by atoms with Crippen LogP contribution in [0.4, 0.5) is 5.69 Å². The number of amides is 2. The van der Waals surface area contributed by atoms with Crippen LogP contribution >= 0.6 is 23.2 Å². The lowest BCUT2D eigenvalue weighted by molar-refractivity contribution is -0.140. The summed E-state index contributed by atoms with van der Waals surface area (Å²) in [6.07, 6.45) is 3.14. The van der Waals surface area contributed by atoms with E-state index in [9.17, 15) is 18.0 Å². The number of anilines is 1. The molecule has 10 heteroatoms.